The van der Waals surface area contributed by atoms with Crippen LogP contribution in [-0.2, 0) is 11.3 Å². The van der Waals surface area contributed by atoms with Crippen LogP contribution in [0.15, 0.2) is 41.8 Å². The topological polar surface area (TPSA) is 35.2 Å². The van der Waals surface area contributed by atoms with Crippen LogP contribution in [0.25, 0.3) is 0 Å². The van der Waals surface area contributed by atoms with Crippen LogP contribution in [0.2, 0.25) is 5.02 Å². The Hall–Kier alpha value is -0.870. The molecule has 1 atom stereocenters. The van der Waals surface area contributed by atoms with Crippen LogP contribution in [-0.4, -0.2) is 6.54 Å². The van der Waals surface area contributed by atoms with Gasteiger partial charge in [0.2, 0.25) is 0 Å². The normalized spacial score (nSPS) is 12.6. The van der Waals surface area contributed by atoms with Crippen LogP contribution in [0.3, 0.4) is 0 Å². The smallest absolute Gasteiger partial charge is 0.0952 e. The van der Waals surface area contributed by atoms with E-state index in [-0.39, 0.29) is 6.10 Å². The van der Waals surface area contributed by atoms with E-state index in [1.54, 1.807) is 11.3 Å². The molecule has 0 saturated heterocycles. The van der Waals surface area contributed by atoms with Crippen LogP contribution in [0, 0.1) is 0 Å². The Bertz CT molecular complexity index is 441. The molecule has 1 aromatic carbocycles. The second-order valence-electron chi connectivity index (χ2n) is 3.67. The molecule has 90 valence electrons. The molecular formula is C13H14ClNOS. The van der Waals surface area contributed by atoms with Crippen molar-refractivity contribution in [2.75, 3.05) is 6.54 Å². The van der Waals surface area contributed by atoms with Crippen molar-refractivity contribution in [3.05, 3.63) is 57.2 Å². The van der Waals surface area contributed by atoms with E-state index in [9.17, 15) is 0 Å². The Labute approximate surface area is 110 Å². The molecule has 17 heavy (non-hydrogen) atoms. The van der Waals surface area contributed by atoms with E-state index < -0.39 is 0 Å². The van der Waals surface area contributed by atoms with Gasteiger partial charge in [-0.1, -0.05) is 29.8 Å². The van der Waals surface area contributed by atoms with Crippen molar-refractivity contribution >= 4 is 22.9 Å². The molecule has 1 unspecified atom stereocenters. The maximum atomic E-state index is 5.85. The zero-order chi connectivity index (χ0) is 12.1. The first kappa shape index (κ1) is 12.6. The number of hydrogen-bond acceptors (Lipinski definition) is 3. The Morgan fingerprint density at radius 1 is 1.24 bits per heavy atom. The average Bonchev–Trinajstić information content (AvgIpc) is 2.85. The minimum absolute atomic E-state index is 0.0747. The summed E-state index contributed by atoms with van der Waals surface area (Å²) in [6, 6.07) is 11.7. The van der Waals surface area contributed by atoms with E-state index in [0.717, 1.165) is 10.6 Å². The van der Waals surface area contributed by atoms with Crippen molar-refractivity contribution in [3.8, 4) is 0 Å². The lowest BCUT2D eigenvalue weighted by Crippen LogP contribution is -2.15. The fraction of sp³-hybridized carbons (Fsp3) is 0.231. The van der Waals surface area contributed by atoms with Gasteiger partial charge < -0.3 is 10.5 Å². The summed E-state index contributed by atoms with van der Waals surface area (Å²) in [7, 11) is 0. The first-order chi connectivity index (χ1) is 8.29. The van der Waals surface area contributed by atoms with Crippen molar-refractivity contribution < 1.29 is 4.74 Å². The van der Waals surface area contributed by atoms with Crippen molar-refractivity contribution in [2.45, 2.75) is 12.7 Å². The zero-order valence-electron chi connectivity index (χ0n) is 9.30. The van der Waals surface area contributed by atoms with Gasteiger partial charge >= 0.3 is 0 Å². The van der Waals surface area contributed by atoms with Crippen molar-refractivity contribution in [2.24, 2.45) is 5.73 Å². The maximum Gasteiger partial charge on any atom is 0.0952 e. The van der Waals surface area contributed by atoms with Gasteiger partial charge in [0.15, 0.2) is 0 Å². The van der Waals surface area contributed by atoms with Gasteiger partial charge in [0.25, 0.3) is 0 Å². The van der Waals surface area contributed by atoms with Gasteiger partial charge in [-0.25, -0.2) is 0 Å². The van der Waals surface area contributed by atoms with Crippen LogP contribution < -0.4 is 5.73 Å². The van der Waals surface area contributed by atoms with Crippen LogP contribution in [0.1, 0.15) is 16.5 Å². The van der Waals surface area contributed by atoms with Crippen molar-refractivity contribution in [1.82, 2.24) is 0 Å². The van der Waals surface area contributed by atoms with Gasteiger partial charge in [-0.3, -0.25) is 0 Å². The molecule has 0 bridgehead atoms. The Morgan fingerprint density at radius 3 is 2.59 bits per heavy atom. The highest BCUT2D eigenvalue weighted by Gasteiger charge is 2.10. The summed E-state index contributed by atoms with van der Waals surface area (Å²) in [6.07, 6.45) is -0.0747. The summed E-state index contributed by atoms with van der Waals surface area (Å²) in [5.41, 5.74) is 6.79. The summed E-state index contributed by atoms with van der Waals surface area (Å²) in [4.78, 5) is 1.21. The maximum absolute atomic E-state index is 5.85. The molecule has 1 aromatic heterocycles. The highest BCUT2D eigenvalue weighted by molar-refractivity contribution is 7.09. The number of rotatable bonds is 5. The fourth-order valence-electron chi connectivity index (χ4n) is 1.56. The fourth-order valence-corrected chi connectivity index (χ4v) is 2.31. The first-order valence-corrected chi connectivity index (χ1v) is 6.65. The summed E-state index contributed by atoms with van der Waals surface area (Å²) in [6.45, 7) is 1.06. The highest BCUT2D eigenvalue weighted by atomic mass is 35.5. The van der Waals surface area contributed by atoms with E-state index >= 15 is 0 Å². The Balaban J connectivity index is 1.99. The van der Waals surface area contributed by atoms with Crippen LogP contribution in [0.5, 0.6) is 0 Å². The third-order valence-corrected chi connectivity index (χ3v) is 3.56. The Kier molecular flexibility index (Phi) is 4.57. The zero-order valence-corrected chi connectivity index (χ0v) is 10.9. The minimum Gasteiger partial charge on any atom is -0.367 e. The molecular weight excluding hydrogens is 254 g/mol. The molecule has 0 aliphatic heterocycles. The van der Waals surface area contributed by atoms with E-state index in [1.165, 1.54) is 4.88 Å². The lowest BCUT2D eigenvalue weighted by atomic mass is 10.1. The second kappa shape index (κ2) is 6.17. The van der Waals surface area contributed by atoms with Gasteiger partial charge in [0.1, 0.15) is 0 Å². The molecule has 0 fully saturated rings. The molecule has 2 rings (SSSR count). The lowest BCUT2D eigenvalue weighted by Gasteiger charge is -2.16. The number of ether oxygens (including phenoxy) is 1. The summed E-state index contributed by atoms with van der Waals surface area (Å²) in [5.74, 6) is 0. The van der Waals surface area contributed by atoms with Gasteiger partial charge in [0, 0.05) is 16.4 Å². The molecule has 4 heteroatoms. The molecule has 2 nitrogen and oxygen atoms in total. The van der Waals surface area contributed by atoms with Crippen molar-refractivity contribution in [1.29, 1.82) is 0 Å². The van der Waals surface area contributed by atoms with Crippen molar-refractivity contribution in [3.63, 3.8) is 0 Å². The van der Waals surface area contributed by atoms with E-state index in [2.05, 4.69) is 6.07 Å². The van der Waals surface area contributed by atoms with E-state index in [1.807, 2.05) is 35.7 Å². The molecule has 2 aromatic rings. The minimum atomic E-state index is -0.0747. The number of hydrogen-bond donors (Lipinski definition) is 1. The third kappa shape index (κ3) is 3.54. The first-order valence-electron chi connectivity index (χ1n) is 5.39. The van der Waals surface area contributed by atoms with Gasteiger partial charge in [-0.05, 0) is 29.1 Å². The monoisotopic (exact) mass is 267 g/mol. The third-order valence-electron chi connectivity index (χ3n) is 2.46. The molecule has 0 aliphatic carbocycles. The summed E-state index contributed by atoms with van der Waals surface area (Å²) < 4.78 is 5.80. The summed E-state index contributed by atoms with van der Waals surface area (Å²) >= 11 is 7.53. The largest absolute Gasteiger partial charge is 0.367 e. The molecule has 0 amide bonds. The van der Waals surface area contributed by atoms with Crippen LogP contribution in [0.4, 0.5) is 0 Å². The summed E-state index contributed by atoms with van der Waals surface area (Å²) in [5, 5.41) is 2.76. The Morgan fingerprint density at radius 2 is 2.00 bits per heavy atom. The van der Waals surface area contributed by atoms with Crippen LogP contribution >= 0.6 is 22.9 Å². The predicted octanol–water partition coefficient (Wildman–Crippen LogP) is 3.62. The molecule has 0 saturated carbocycles. The number of thiophene rings is 1. The number of halogens is 1. The molecule has 2 N–H and O–H groups in total. The highest BCUT2D eigenvalue weighted by Crippen LogP contribution is 2.21. The SMILES string of the molecule is NCC(OCc1cccs1)c1ccc(Cl)cc1. The van der Waals surface area contributed by atoms with E-state index in [4.69, 9.17) is 22.1 Å². The second-order valence-corrected chi connectivity index (χ2v) is 5.13. The number of nitrogens with two attached hydrogens (primary N) is 1. The van der Waals surface area contributed by atoms with E-state index in [0.29, 0.717) is 13.2 Å². The average molecular weight is 268 g/mol. The number of benzene rings is 1. The standard InChI is InChI=1S/C13H14ClNOS/c14-11-5-3-10(4-6-11)13(8-15)16-9-12-2-1-7-17-12/h1-7,13H,8-9,15H2. The van der Waals surface area contributed by atoms with Gasteiger partial charge in [-0.15, -0.1) is 11.3 Å². The molecule has 0 radical (unpaired) electrons. The predicted molar refractivity (Wildman–Crippen MR) is 72.4 cm³/mol. The van der Waals surface area contributed by atoms with Gasteiger partial charge in [-0.2, -0.15) is 0 Å². The molecule has 0 aliphatic rings. The lowest BCUT2D eigenvalue weighted by molar-refractivity contribution is 0.0473. The quantitative estimate of drug-likeness (QED) is 0.898. The molecule has 0 spiro atoms. The molecule has 1 heterocycles. The van der Waals surface area contributed by atoms with Gasteiger partial charge in [0.05, 0.1) is 12.7 Å².